The molecule has 0 bridgehead atoms. The van der Waals surface area contributed by atoms with Crippen LogP contribution in [0.5, 0.6) is 11.6 Å². The maximum Gasteiger partial charge on any atom is 0.213 e. The molecule has 2 N–H and O–H groups in total. The highest BCUT2D eigenvalue weighted by atomic mass is 16.5. The predicted molar refractivity (Wildman–Crippen MR) is 78.8 cm³/mol. The first kappa shape index (κ1) is 14.3. The van der Waals surface area contributed by atoms with E-state index in [4.69, 9.17) is 15.2 Å². The summed E-state index contributed by atoms with van der Waals surface area (Å²) in [6, 6.07) is 13.6. The van der Waals surface area contributed by atoms with Crippen LogP contribution in [0.3, 0.4) is 0 Å². The average molecular weight is 272 g/mol. The van der Waals surface area contributed by atoms with Crippen molar-refractivity contribution in [1.82, 2.24) is 4.98 Å². The molecule has 2 aromatic rings. The molecule has 0 radical (unpaired) electrons. The van der Waals surface area contributed by atoms with Crippen LogP contribution < -0.4 is 15.2 Å². The van der Waals surface area contributed by atoms with E-state index in [9.17, 15) is 0 Å². The van der Waals surface area contributed by atoms with Gasteiger partial charge < -0.3 is 15.2 Å². The van der Waals surface area contributed by atoms with Gasteiger partial charge in [-0.1, -0.05) is 25.1 Å². The first-order valence-corrected chi connectivity index (χ1v) is 6.71. The van der Waals surface area contributed by atoms with Gasteiger partial charge in [0.15, 0.2) is 0 Å². The van der Waals surface area contributed by atoms with Crippen LogP contribution in [0.25, 0.3) is 0 Å². The molecule has 0 saturated carbocycles. The van der Waals surface area contributed by atoms with Gasteiger partial charge in [-0.15, -0.1) is 0 Å². The van der Waals surface area contributed by atoms with Crippen LogP contribution in [-0.2, 0) is 6.61 Å². The Morgan fingerprint density at radius 3 is 2.55 bits per heavy atom. The lowest BCUT2D eigenvalue weighted by atomic mass is 10.1. The lowest BCUT2D eigenvalue weighted by Crippen LogP contribution is -2.08. The molecule has 20 heavy (non-hydrogen) atoms. The van der Waals surface area contributed by atoms with Crippen LogP contribution >= 0.6 is 0 Å². The molecule has 0 aliphatic carbocycles. The average Bonchev–Trinajstić information content (AvgIpc) is 2.53. The monoisotopic (exact) mass is 272 g/mol. The van der Waals surface area contributed by atoms with Crippen molar-refractivity contribution in [1.29, 1.82) is 0 Å². The molecule has 4 nitrogen and oxygen atoms in total. The van der Waals surface area contributed by atoms with E-state index in [-0.39, 0.29) is 6.04 Å². The molecule has 1 aromatic heterocycles. The molecule has 0 unspecified atom stereocenters. The molecule has 0 fully saturated rings. The summed E-state index contributed by atoms with van der Waals surface area (Å²) in [6.45, 7) is 2.49. The lowest BCUT2D eigenvalue weighted by molar-refractivity contribution is 0.298. The number of nitrogens with zero attached hydrogens (tertiary/aromatic N) is 1. The zero-order valence-corrected chi connectivity index (χ0v) is 11.9. The van der Waals surface area contributed by atoms with Crippen LogP contribution in [0.2, 0.25) is 0 Å². The molecule has 4 heteroatoms. The fourth-order valence-electron chi connectivity index (χ4n) is 1.86. The Kier molecular flexibility index (Phi) is 4.96. The Labute approximate surface area is 119 Å². The molecule has 0 saturated heterocycles. The Bertz CT molecular complexity index is 540. The summed E-state index contributed by atoms with van der Waals surface area (Å²) in [5.74, 6) is 1.40. The van der Waals surface area contributed by atoms with Crippen molar-refractivity contribution in [2.45, 2.75) is 26.0 Å². The van der Waals surface area contributed by atoms with Gasteiger partial charge in [-0.05, 0) is 30.2 Å². The number of aromatic nitrogens is 1. The molecule has 0 aliphatic rings. The highest BCUT2D eigenvalue weighted by Gasteiger charge is 2.04. The van der Waals surface area contributed by atoms with E-state index in [1.807, 2.05) is 42.5 Å². The van der Waals surface area contributed by atoms with Gasteiger partial charge in [0.2, 0.25) is 5.88 Å². The zero-order valence-electron chi connectivity index (χ0n) is 11.9. The number of hydrogen-bond donors (Lipinski definition) is 1. The van der Waals surface area contributed by atoms with Crippen LogP contribution in [0.15, 0.2) is 42.5 Å². The molecular weight excluding hydrogens is 252 g/mol. The number of ether oxygens (including phenoxy) is 2. The third-order valence-corrected chi connectivity index (χ3v) is 3.13. The molecule has 0 aliphatic heterocycles. The zero-order chi connectivity index (χ0) is 14.4. The standard InChI is InChI=1S/C16H20N2O2/c1-3-15(17)12-7-9-14(10-8-12)20-11-13-5-4-6-16(18-13)19-2/h4-10,15H,3,11,17H2,1-2H3/t15-/m1/s1. The Morgan fingerprint density at radius 1 is 1.15 bits per heavy atom. The molecule has 1 atom stereocenters. The molecule has 0 amide bonds. The van der Waals surface area contributed by atoms with Crippen molar-refractivity contribution in [3.05, 3.63) is 53.7 Å². The summed E-state index contributed by atoms with van der Waals surface area (Å²) in [7, 11) is 1.60. The highest BCUT2D eigenvalue weighted by molar-refractivity contribution is 5.29. The maximum atomic E-state index is 5.98. The molecule has 1 heterocycles. The van der Waals surface area contributed by atoms with Crippen molar-refractivity contribution < 1.29 is 9.47 Å². The number of nitrogens with two attached hydrogens (primary N) is 1. The van der Waals surface area contributed by atoms with Crippen molar-refractivity contribution in [3.63, 3.8) is 0 Å². The van der Waals surface area contributed by atoms with E-state index in [2.05, 4.69) is 11.9 Å². The fourth-order valence-corrected chi connectivity index (χ4v) is 1.86. The summed E-state index contributed by atoms with van der Waals surface area (Å²) in [6.07, 6.45) is 0.925. The molecular formula is C16H20N2O2. The quantitative estimate of drug-likeness (QED) is 0.878. The number of pyridine rings is 1. The van der Waals surface area contributed by atoms with E-state index < -0.39 is 0 Å². The normalized spacial score (nSPS) is 11.9. The summed E-state index contributed by atoms with van der Waals surface area (Å²) in [5.41, 5.74) is 7.93. The topological polar surface area (TPSA) is 57.4 Å². The van der Waals surface area contributed by atoms with Gasteiger partial charge in [0, 0.05) is 12.1 Å². The van der Waals surface area contributed by atoms with Gasteiger partial charge in [-0.2, -0.15) is 0 Å². The minimum Gasteiger partial charge on any atom is -0.487 e. The predicted octanol–water partition coefficient (Wildman–Crippen LogP) is 3.08. The summed E-state index contributed by atoms with van der Waals surface area (Å²) < 4.78 is 10.8. The van der Waals surface area contributed by atoms with E-state index in [0.29, 0.717) is 12.5 Å². The number of hydrogen-bond acceptors (Lipinski definition) is 4. The van der Waals surface area contributed by atoms with Gasteiger partial charge in [0.1, 0.15) is 12.4 Å². The highest BCUT2D eigenvalue weighted by Crippen LogP contribution is 2.19. The molecule has 1 aromatic carbocycles. The Balaban J connectivity index is 1.96. The Hall–Kier alpha value is -2.07. The smallest absolute Gasteiger partial charge is 0.213 e. The SMILES string of the molecule is CC[C@@H](N)c1ccc(OCc2cccc(OC)n2)cc1. The number of methoxy groups -OCH3 is 1. The van der Waals surface area contributed by atoms with Gasteiger partial charge in [-0.25, -0.2) is 4.98 Å². The van der Waals surface area contributed by atoms with Crippen LogP contribution in [0, 0.1) is 0 Å². The second kappa shape index (κ2) is 6.91. The first-order valence-electron chi connectivity index (χ1n) is 6.71. The fraction of sp³-hybridized carbons (Fsp3) is 0.312. The number of rotatable bonds is 6. The van der Waals surface area contributed by atoms with Crippen LogP contribution in [0.4, 0.5) is 0 Å². The van der Waals surface area contributed by atoms with Crippen molar-refractivity contribution in [3.8, 4) is 11.6 Å². The third-order valence-electron chi connectivity index (χ3n) is 3.13. The van der Waals surface area contributed by atoms with Crippen molar-refractivity contribution >= 4 is 0 Å². The molecule has 2 rings (SSSR count). The first-order chi connectivity index (χ1) is 9.72. The van der Waals surface area contributed by atoms with Gasteiger partial charge in [0.25, 0.3) is 0 Å². The van der Waals surface area contributed by atoms with E-state index >= 15 is 0 Å². The van der Waals surface area contributed by atoms with Gasteiger partial charge in [0.05, 0.1) is 12.8 Å². The summed E-state index contributed by atoms with van der Waals surface area (Å²) in [5, 5.41) is 0. The van der Waals surface area contributed by atoms with Crippen LogP contribution in [-0.4, -0.2) is 12.1 Å². The minimum atomic E-state index is 0.0871. The van der Waals surface area contributed by atoms with Gasteiger partial charge >= 0.3 is 0 Å². The van der Waals surface area contributed by atoms with Crippen LogP contribution in [0.1, 0.15) is 30.6 Å². The van der Waals surface area contributed by atoms with E-state index in [0.717, 1.165) is 23.4 Å². The third kappa shape index (κ3) is 3.71. The second-order valence-electron chi connectivity index (χ2n) is 4.54. The summed E-state index contributed by atoms with van der Waals surface area (Å²) >= 11 is 0. The van der Waals surface area contributed by atoms with Gasteiger partial charge in [-0.3, -0.25) is 0 Å². The van der Waals surface area contributed by atoms with Crippen molar-refractivity contribution in [2.75, 3.05) is 7.11 Å². The summed E-state index contributed by atoms with van der Waals surface area (Å²) in [4.78, 5) is 4.30. The number of benzene rings is 1. The Morgan fingerprint density at radius 2 is 1.90 bits per heavy atom. The molecule has 106 valence electrons. The van der Waals surface area contributed by atoms with E-state index in [1.54, 1.807) is 7.11 Å². The largest absolute Gasteiger partial charge is 0.487 e. The van der Waals surface area contributed by atoms with Crippen molar-refractivity contribution in [2.24, 2.45) is 5.73 Å². The lowest BCUT2D eigenvalue weighted by Gasteiger charge is -2.11. The second-order valence-corrected chi connectivity index (χ2v) is 4.54. The molecule has 0 spiro atoms. The van der Waals surface area contributed by atoms with E-state index in [1.165, 1.54) is 0 Å². The minimum absolute atomic E-state index is 0.0871. The maximum absolute atomic E-state index is 5.98.